The summed E-state index contributed by atoms with van der Waals surface area (Å²) in [7, 11) is 0. The summed E-state index contributed by atoms with van der Waals surface area (Å²) in [4.78, 5) is 0. The van der Waals surface area contributed by atoms with E-state index in [9.17, 15) is 5.11 Å². The number of aliphatic hydroxyl groups excluding tert-OH is 1. The lowest BCUT2D eigenvalue weighted by atomic mass is 9.77. The van der Waals surface area contributed by atoms with Gasteiger partial charge in [0.15, 0.2) is 0 Å². The molecule has 1 saturated carbocycles. The van der Waals surface area contributed by atoms with Gasteiger partial charge >= 0.3 is 0 Å². The molecule has 16 heavy (non-hydrogen) atoms. The Morgan fingerprint density at radius 1 is 1.19 bits per heavy atom. The fraction of sp³-hybridized carbons (Fsp3) is 0.571. The highest BCUT2D eigenvalue weighted by atomic mass is 16.3. The molecule has 0 amide bonds. The summed E-state index contributed by atoms with van der Waals surface area (Å²) in [5.41, 5.74) is 2.61. The lowest BCUT2D eigenvalue weighted by molar-refractivity contribution is 0.0442. The Morgan fingerprint density at radius 3 is 2.75 bits per heavy atom. The molecule has 0 spiro atoms. The average Bonchev–Trinajstić information content (AvgIpc) is 2.26. The molecule has 2 heteroatoms. The number of hydrogen-bond acceptors (Lipinski definition) is 2. The lowest BCUT2D eigenvalue weighted by Crippen LogP contribution is -2.43. The second-order valence-electron chi connectivity index (χ2n) is 5.13. The van der Waals surface area contributed by atoms with Crippen molar-refractivity contribution in [3.05, 3.63) is 29.8 Å². The summed E-state index contributed by atoms with van der Waals surface area (Å²) in [6, 6.07) is 8.70. The van der Waals surface area contributed by atoms with Crippen LogP contribution in [0.5, 0.6) is 0 Å². The molecule has 1 aliphatic carbocycles. The first-order valence-corrected chi connectivity index (χ1v) is 6.37. The minimum atomic E-state index is -0.151. The summed E-state index contributed by atoms with van der Waals surface area (Å²) in [5, 5.41) is 13.8. The second kappa shape index (κ2) is 4.10. The third-order valence-electron chi connectivity index (χ3n) is 4.13. The molecule has 0 radical (unpaired) electrons. The van der Waals surface area contributed by atoms with E-state index in [1.807, 2.05) is 0 Å². The Labute approximate surface area is 96.7 Å². The number of benzene rings is 1. The molecule has 2 nitrogen and oxygen atoms in total. The van der Waals surface area contributed by atoms with Crippen LogP contribution in [0, 0.1) is 5.92 Å². The van der Waals surface area contributed by atoms with Crippen molar-refractivity contribution in [1.29, 1.82) is 0 Å². The van der Waals surface area contributed by atoms with Gasteiger partial charge in [0, 0.05) is 5.69 Å². The Morgan fingerprint density at radius 2 is 2.00 bits per heavy atom. The van der Waals surface area contributed by atoms with E-state index in [1.54, 1.807) is 0 Å². The quantitative estimate of drug-likeness (QED) is 0.798. The van der Waals surface area contributed by atoms with E-state index in [1.165, 1.54) is 30.5 Å². The van der Waals surface area contributed by atoms with E-state index in [2.05, 4.69) is 29.6 Å². The molecule has 2 aliphatic rings. The molecule has 1 heterocycles. The molecule has 2 atom stereocenters. The minimum Gasteiger partial charge on any atom is -0.391 e. The molecular formula is C14H19NO. The van der Waals surface area contributed by atoms with Crippen LogP contribution in [0.3, 0.4) is 0 Å². The molecule has 1 aliphatic heterocycles. The van der Waals surface area contributed by atoms with Crippen LogP contribution in [0.25, 0.3) is 0 Å². The molecule has 2 N–H and O–H groups in total. The molecule has 2 unspecified atom stereocenters. The highest BCUT2D eigenvalue weighted by Gasteiger charge is 2.33. The summed E-state index contributed by atoms with van der Waals surface area (Å²) >= 11 is 0. The van der Waals surface area contributed by atoms with E-state index in [4.69, 9.17) is 0 Å². The van der Waals surface area contributed by atoms with Gasteiger partial charge in [-0.2, -0.15) is 0 Å². The van der Waals surface area contributed by atoms with Crippen molar-refractivity contribution in [2.45, 2.75) is 44.2 Å². The van der Waals surface area contributed by atoms with Gasteiger partial charge in [-0.25, -0.2) is 0 Å². The molecule has 3 rings (SSSR count). The summed E-state index contributed by atoms with van der Waals surface area (Å²) in [5.74, 6) is 0.544. The number of anilines is 1. The smallest absolute Gasteiger partial charge is 0.0769 e. The molecular weight excluding hydrogens is 198 g/mol. The predicted molar refractivity (Wildman–Crippen MR) is 65.5 cm³/mol. The molecule has 86 valence electrons. The first kappa shape index (κ1) is 10.2. The van der Waals surface area contributed by atoms with Crippen molar-refractivity contribution in [2.75, 3.05) is 5.32 Å². The zero-order chi connectivity index (χ0) is 11.0. The van der Waals surface area contributed by atoms with E-state index in [0.29, 0.717) is 5.92 Å². The molecule has 1 aromatic rings. The van der Waals surface area contributed by atoms with Crippen molar-refractivity contribution >= 4 is 5.69 Å². The van der Waals surface area contributed by atoms with E-state index in [-0.39, 0.29) is 12.1 Å². The van der Waals surface area contributed by atoms with Gasteiger partial charge in [0.1, 0.15) is 0 Å². The van der Waals surface area contributed by atoms with Crippen LogP contribution < -0.4 is 5.32 Å². The first-order chi connectivity index (χ1) is 7.84. The average molecular weight is 217 g/mol. The van der Waals surface area contributed by atoms with Crippen LogP contribution in [0.15, 0.2) is 24.3 Å². The zero-order valence-electron chi connectivity index (χ0n) is 9.52. The molecule has 0 aromatic heterocycles. The Bertz CT molecular complexity index is 373. The normalized spacial score (nSPS) is 26.4. The molecule has 0 bridgehead atoms. The van der Waals surface area contributed by atoms with Gasteiger partial charge in [-0.3, -0.25) is 0 Å². The lowest BCUT2D eigenvalue weighted by Gasteiger charge is -2.38. The minimum absolute atomic E-state index is 0.151. The molecule has 0 saturated heterocycles. The molecule has 1 aromatic carbocycles. The van der Waals surface area contributed by atoms with Crippen LogP contribution in [0.4, 0.5) is 5.69 Å². The van der Waals surface area contributed by atoms with Gasteiger partial charge in [-0.05, 0) is 43.2 Å². The van der Waals surface area contributed by atoms with Crippen molar-refractivity contribution < 1.29 is 5.11 Å². The van der Waals surface area contributed by atoms with Crippen molar-refractivity contribution in [1.82, 2.24) is 0 Å². The van der Waals surface area contributed by atoms with E-state index in [0.717, 1.165) is 12.8 Å². The highest BCUT2D eigenvalue weighted by Crippen LogP contribution is 2.34. The van der Waals surface area contributed by atoms with Crippen LogP contribution in [-0.2, 0) is 6.42 Å². The van der Waals surface area contributed by atoms with Gasteiger partial charge in [0.05, 0.1) is 12.1 Å². The Balaban J connectivity index is 1.72. The predicted octanol–water partition coefficient (Wildman–Crippen LogP) is 2.57. The van der Waals surface area contributed by atoms with Crippen molar-refractivity contribution in [3.8, 4) is 0 Å². The summed E-state index contributed by atoms with van der Waals surface area (Å²) < 4.78 is 0. The largest absolute Gasteiger partial charge is 0.391 e. The van der Waals surface area contributed by atoms with Crippen LogP contribution in [0.2, 0.25) is 0 Å². The fourth-order valence-electron chi connectivity index (χ4n) is 2.83. The van der Waals surface area contributed by atoms with Crippen LogP contribution in [0.1, 0.15) is 31.2 Å². The number of rotatable bonds is 2. The number of aliphatic hydroxyl groups is 1. The number of fused-ring (bicyclic) bond motifs is 1. The number of aryl methyl sites for hydroxylation is 1. The first-order valence-electron chi connectivity index (χ1n) is 6.37. The summed E-state index contributed by atoms with van der Waals surface area (Å²) in [6.07, 6.45) is 5.72. The van der Waals surface area contributed by atoms with Gasteiger partial charge in [-0.1, -0.05) is 24.6 Å². The summed E-state index contributed by atoms with van der Waals surface area (Å²) in [6.45, 7) is 0. The molecule has 1 fully saturated rings. The zero-order valence-corrected chi connectivity index (χ0v) is 9.52. The Kier molecular flexibility index (Phi) is 2.60. The fourth-order valence-corrected chi connectivity index (χ4v) is 2.83. The SMILES string of the molecule is OC(C1CCC1)C1CCc2ccccc2N1. The van der Waals surface area contributed by atoms with Crippen molar-refractivity contribution in [2.24, 2.45) is 5.92 Å². The topological polar surface area (TPSA) is 32.3 Å². The van der Waals surface area contributed by atoms with E-state index < -0.39 is 0 Å². The number of hydrogen-bond donors (Lipinski definition) is 2. The number of para-hydroxylation sites is 1. The van der Waals surface area contributed by atoms with Gasteiger partial charge in [-0.15, -0.1) is 0 Å². The van der Waals surface area contributed by atoms with Crippen LogP contribution >= 0.6 is 0 Å². The maximum absolute atomic E-state index is 10.3. The third kappa shape index (κ3) is 1.71. The highest BCUT2D eigenvalue weighted by molar-refractivity contribution is 5.53. The van der Waals surface area contributed by atoms with Crippen molar-refractivity contribution in [3.63, 3.8) is 0 Å². The Hall–Kier alpha value is -1.02. The third-order valence-corrected chi connectivity index (χ3v) is 4.13. The van der Waals surface area contributed by atoms with Gasteiger partial charge in [0.2, 0.25) is 0 Å². The second-order valence-corrected chi connectivity index (χ2v) is 5.13. The van der Waals surface area contributed by atoms with Gasteiger partial charge < -0.3 is 10.4 Å². The van der Waals surface area contributed by atoms with Crippen LogP contribution in [-0.4, -0.2) is 17.3 Å². The standard InChI is InChI=1S/C14H19NO/c16-14(11-5-3-6-11)13-9-8-10-4-1-2-7-12(10)15-13/h1-2,4,7,11,13-16H,3,5-6,8-9H2. The number of nitrogens with one attached hydrogen (secondary N) is 1. The maximum Gasteiger partial charge on any atom is 0.0769 e. The maximum atomic E-state index is 10.3. The van der Waals surface area contributed by atoms with Gasteiger partial charge in [0.25, 0.3) is 0 Å². The monoisotopic (exact) mass is 217 g/mol. The van der Waals surface area contributed by atoms with E-state index >= 15 is 0 Å².